The number of carbonyl (C=O) groups is 2. The van der Waals surface area contributed by atoms with Crippen molar-refractivity contribution in [3.8, 4) is 22.5 Å². The van der Waals surface area contributed by atoms with Gasteiger partial charge >= 0.3 is 0 Å². The summed E-state index contributed by atoms with van der Waals surface area (Å²) < 4.78 is 6.43. The van der Waals surface area contributed by atoms with Gasteiger partial charge in [0.15, 0.2) is 5.78 Å². The van der Waals surface area contributed by atoms with Crippen LogP contribution >= 0.6 is 11.6 Å². The Morgan fingerprint density at radius 2 is 1.64 bits per heavy atom. The summed E-state index contributed by atoms with van der Waals surface area (Å²) in [5.74, 6) is 0.354. The summed E-state index contributed by atoms with van der Waals surface area (Å²) in [5, 5.41) is 5.04. The molecular weight excluding hydrogens is 544 g/mol. The van der Waals surface area contributed by atoms with Gasteiger partial charge in [-0.1, -0.05) is 85.6 Å². The molecule has 0 radical (unpaired) electrons. The molecule has 2 aromatic heterocycles. The Balaban J connectivity index is 1.46. The Morgan fingerprint density at radius 1 is 0.905 bits per heavy atom. The molecule has 42 heavy (non-hydrogen) atoms. The second-order valence-electron chi connectivity index (χ2n) is 11.4. The van der Waals surface area contributed by atoms with E-state index in [1.165, 1.54) is 0 Å². The van der Waals surface area contributed by atoms with Gasteiger partial charge in [-0.25, -0.2) is 0 Å². The van der Waals surface area contributed by atoms with Gasteiger partial charge in [-0.2, -0.15) is 0 Å². The number of Topliss-reactive ketones (excluding diaryl/α,β-unsaturated/α-hetero) is 1. The van der Waals surface area contributed by atoms with E-state index >= 15 is 0 Å². The molecule has 0 saturated heterocycles. The number of hydrogen-bond acceptors (Lipinski definition) is 3. The van der Waals surface area contributed by atoms with Gasteiger partial charge in [0.2, 0.25) is 0 Å². The summed E-state index contributed by atoms with van der Waals surface area (Å²) in [6.45, 7) is 6.16. The molecule has 6 aromatic rings. The van der Waals surface area contributed by atoms with Crippen molar-refractivity contribution < 1.29 is 14.0 Å². The van der Waals surface area contributed by atoms with Crippen LogP contribution in [0.2, 0.25) is 5.02 Å². The number of carbonyl (C=O) groups excluding carboxylic acids is 2. The molecule has 0 fully saturated rings. The Kier molecular flexibility index (Phi) is 6.99. The molecule has 0 aliphatic rings. The highest BCUT2D eigenvalue weighted by Crippen LogP contribution is 2.41. The molecule has 0 saturated carbocycles. The van der Waals surface area contributed by atoms with Crippen LogP contribution in [0.4, 0.5) is 0 Å². The number of hydrogen-bond donors (Lipinski definition) is 2. The third-order valence-corrected chi connectivity index (χ3v) is 8.24. The van der Waals surface area contributed by atoms with Crippen LogP contribution in [0.1, 0.15) is 52.1 Å². The minimum absolute atomic E-state index is 0.0524. The molecule has 1 amide bonds. The number of ketones is 1. The SMILES string of the molecule is CNC(=O)c1c(-c2ccc(C)cc2)oc2c1cc(-c1cccc(C(=O)CC(C)(C)c3ccc(Cl)cc3)c1)c1[nH]ccc12. The molecule has 2 N–H and O–H groups in total. The van der Waals surface area contributed by atoms with E-state index in [2.05, 4.69) is 24.1 Å². The monoisotopic (exact) mass is 574 g/mol. The standard InChI is InChI=1S/C36H31ClN2O3/c1-21-8-10-22(11-9-21)33-31(35(41)38-4)29-19-28(32-27(16-17-39-32)34(29)42-33)23-6-5-7-24(18-23)30(40)20-36(2,3)25-12-14-26(37)15-13-25/h5-19,39H,20H2,1-4H3,(H,38,41). The largest absolute Gasteiger partial charge is 0.454 e. The lowest BCUT2D eigenvalue weighted by atomic mass is 9.79. The summed E-state index contributed by atoms with van der Waals surface area (Å²) in [7, 11) is 1.62. The average molecular weight is 575 g/mol. The lowest BCUT2D eigenvalue weighted by Gasteiger charge is -2.24. The van der Waals surface area contributed by atoms with Crippen LogP contribution < -0.4 is 5.32 Å². The predicted molar refractivity (Wildman–Crippen MR) is 170 cm³/mol. The number of benzene rings is 4. The van der Waals surface area contributed by atoms with Crippen LogP contribution in [0, 0.1) is 6.92 Å². The van der Waals surface area contributed by atoms with Crippen molar-refractivity contribution in [2.45, 2.75) is 32.6 Å². The zero-order valence-corrected chi connectivity index (χ0v) is 24.7. The normalized spacial score (nSPS) is 11.7. The Hall–Kier alpha value is -4.61. The molecule has 0 bridgehead atoms. The molecule has 0 spiro atoms. The molecular formula is C36H31ClN2O3. The molecule has 2 heterocycles. The summed E-state index contributed by atoms with van der Waals surface area (Å²) in [5.41, 5.74) is 7.04. The number of aromatic nitrogens is 1. The van der Waals surface area contributed by atoms with Gasteiger partial charge in [-0.05, 0) is 53.8 Å². The number of amides is 1. The number of fused-ring (bicyclic) bond motifs is 3. The third kappa shape index (κ3) is 4.90. The quantitative estimate of drug-likeness (QED) is 0.187. The molecule has 0 aliphatic heterocycles. The van der Waals surface area contributed by atoms with Crippen molar-refractivity contribution in [3.63, 3.8) is 0 Å². The summed E-state index contributed by atoms with van der Waals surface area (Å²) in [6.07, 6.45) is 2.21. The van der Waals surface area contributed by atoms with Crippen LogP contribution in [0.25, 0.3) is 44.3 Å². The van der Waals surface area contributed by atoms with Crippen molar-refractivity contribution in [1.82, 2.24) is 10.3 Å². The first-order valence-corrected chi connectivity index (χ1v) is 14.3. The topological polar surface area (TPSA) is 75.1 Å². The van der Waals surface area contributed by atoms with Gasteiger partial charge in [0.25, 0.3) is 5.91 Å². The van der Waals surface area contributed by atoms with Crippen molar-refractivity contribution in [1.29, 1.82) is 0 Å². The third-order valence-electron chi connectivity index (χ3n) is 7.99. The molecule has 210 valence electrons. The van der Waals surface area contributed by atoms with Crippen LogP contribution in [0.15, 0.2) is 95.5 Å². The van der Waals surface area contributed by atoms with E-state index in [1.54, 1.807) is 7.05 Å². The van der Waals surface area contributed by atoms with Gasteiger partial charge in [-0.15, -0.1) is 0 Å². The summed E-state index contributed by atoms with van der Waals surface area (Å²) in [6, 6.07) is 27.2. The molecule has 6 heteroatoms. The van der Waals surface area contributed by atoms with Gasteiger partial charge in [-0.3, -0.25) is 9.59 Å². The van der Waals surface area contributed by atoms with Crippen LogP contribution in [0.3, 0.4) is 0 Å². The van der Waals surface area contributed by atoms with E-state index in [4.69, 9.17) is 16.0 Å². The fraction of sp³-hybridized carbons (Fsp3) is 0.167. The van der Waals surface area contributed by atoms with Crippen LogP contribution in [-0.4, -0.2) is 23.7 Å². The van der Waals surface area contributed by atoms with Gasteiger partial charge in [0, 0.05) is 52.2 Å². The molecule has 5 nitrogen and oxygen atoms in total. The number of H-pyrrole nitrogens is 1. The summed E-state index contributed by atoms with van der Waals surface area (Å²) in [4.78, 5) is 30.2. The lowest BCUT2D eigenvalue weighted by molar-refractivity contribution is 0.0952. The van der Waals surface area contributed by atoms with Crippen molar-refractivity contribution in [3.05, 3.63) is 118 Å². The zero-order chi connectivity index (χ0) is 29.6. The van der Waals surface area contributed by atoms with E-state index in [0.29, 0.717) is 39.3 Å². The number of rotatable bonds is 7. The Morgan fingerprint density at radius 3 is 2.36 bits per heavy atom. The number of furan rings is 1. The molecule has 0 unspecified atom stereocenters. The highest BCUT2D eigenvalue weighted by atomic mass is 35.5. The van der Waals surface area contributed by atoms with E-state index in [0.717, 1.165) is 38.7 Å². The maximum atomic E-state index is 13.6. The second-order valence-corrected chi connectivity index (χ2v) is 11.8. The highest BCUT2D eigenvalue weighted by Gasteiger charge is 2.27. The van der Waals surface area contributed by atoms with E-state index in [9.17, 15) is 9.59 Å². The van der Waals surface area contributed by atoms with E-state index < -0.39 is 0 Å². The first-order valence-electron chi connectivity index (χ1n) is 13.9. The van der Waals surface area contributed by atoms with E-state index in [-0.39, 0.29) is 17.1 Å². The first-order chi connectivity index (χ1) is 20.2. The van der Waals surface area contributed by atoms with Crippen molar-refractivity contribution in [2.24, 2.45) is 0 Å². The number of nitrogens with one attached hydrogen (secondary N) is 2. The lowest BCUT2D eigenvalue weighted by Crippen LogP contribution is -2.22. The minimum atomic E-state index is -0.366. The van der Waals surface area contributed by atoms with Crippen molar-refractivity contribution >= 4 is 45.2 Å². The summed E-state index contributed by atoms with van der Waals surface area (Å²) >= 11 is 6.08. The Labute approximate surface area is 249 Å². The second kappa shape index (κ2) is 10.7. The van der Waals surface area contributed by atoms with E-state index in [1.807, 2.05) is 98.0 Å². The maximum Gasteiger partial charge on any atom is 0.255 e. The van der Waals surface area contributed by atoms with Crippen LogP contribution in [0.5, 0.6) is 0 Å². The number of aromatic amines is 1. The maximum absolute atomic E-state index is 13.6. The fourth-order valence-corrected chi connectivity index (χ4v) is 5.76. The van der Waals surface area contributed by atoms with Gasteiger partial charge in [0.05, 0.1) is 11.1 Å². The molecule has 0 atom stereocenters. The highest BCUT2D eigenvalue weighted by molar-refractivity contribution is 6.30. The smallest absolute Gasteiger partial charge is 0.255 e. The molecule has 4 aromatic carbocycles. The average Bonchev–Trinajstić information content (AvgIpc) is 3.62. The van der Waals surface area contributed by atoms with Gasteiger partial charge in [0.1, 0.15) is 11.3 Å². The molecule has 6 rings (SSSR count). The fourth-order valence-electron chi connectivity index (χ4n) is 5.63. The first kappa shape index (κ1) is 27.6. The Bertz CT molecular complexity index is 1960. The number of halogens is 1. The van der Waals surface area contributed by atoms with Crippen molar-refractivity contribution in [2.75, 3.05) is 7.05 Å². The predicted octanol–water partition coefficient (Wildman–Crippen LogP) is 9.12. The number of aryl methyl sites for hydroxylation is 1. The van der Waals surface area contributed by atoms with Crippen LogP contribution in [-0.2, 0) is 5.41 Å². The zero-order valence-electron chi connectivity index (χ0n) is 24.0. The molecule has 0 aliphatic carbocycles. The minimum Gasteiger partial charge on any atom is -0.454 e. The van der Waals surface area contributed by atoms with Gasteiger partial charge < -0.3 is 14.7 Å².